The van der Waals surface area contributed by atoms with Crippen molar-refractivity contribution in [2.24, 2.45) is 0 Å². The van der Waals surface area contributed by atoms with E-state index in [-0.39, 0.29) is 1.43 Å². The van der Waals surface area contributed by atoms with Gasteiger partial charge in [0.25, 0.3) is 0 Å². The molecular weight excluding hydrogens is 152 g/mol. The normalized spacial score (nSPS) is 10.4. The third-order valence-electron chi connectivity index (χ3n) is 1.79. The minimum atomic E-state index is 0. The van der Waals surface area contributed by atoms with E-state index in [4.69, 9.17) is 4.42 Å². The maximum absolute atomic E-state index is 5.19. The highest BCUT2D eigenvalue weighted by Gasteiger charge is 2.03. The van der Waals surface area contributed by atoms with E-state index < -0.39 is 0 Å². The fourth-order valence-corrected chi connectivity index (χ4v) is 1.09. The van der Waals surface area contributed by atoms with Crippen molar-refractivity contribution in [3.63, 3.8) is 0 Å². The number of aromatic amines is 1. The lowest BCUT2D eigenvalue weighted by Crippen LogP contribution is -1.76. The van der Waals surface area contributed by atoms with Gasteiger partial charge in [-0.25, -0.2) is 0 Å². The van der Waals surface area contributed by atoms with E-state index >= 15 is 0 Å². The van der Waals surface area contributed by atoms with E-state index in [1.807, 2.05) is 18.2 Å². The average molecular weight is 164 g/mol. The van der Waals surface area contributed by atoms with Crippen molar-refractivity contribution < 1.29 is 5.84 Å². The molecule has 12 heavy (non-hydrogen) atoms. The second-order valence-electron chi connectivity index (χ2n) is 2.61. The second-order valence-corrected chi connectivity index (χ2v) is 2.61. The molecule has 0 aliphatic rings. The van der Waals surface area contributed by atoms with E-state index in [1.165, 1.54) is 0 Å². The summed E-state index contributed by atoms with van der Waals surface area (Å²) < 4.78 is 5.19. The molecule has 1 N–H and O–H groups in total. The SMILES string of the molecule is CCc1cc(-c2ccco2)n[nH]1.[HH]. The lowest BCUT2D eigenvalue weighted by Gasteiger charge is -1.84. The molecule has 0 saturated carbocycles. The summed E-state index contributed by atoms with van der Waals surface area (Å²) in [5.74, 6) is 0.811. The lowest BCUT2D eigenvalue weighted by atomic mass is 10.3. The van der Waals surface area contributed by atoms with Crippen molar-refractivity contribution in [1.82, 2.24) is 10.2 Å². The zero-order valence-corrected chi connectivity index (χ0v) is 6.87. The molecule has 0 amide bonds. The lowest BCUT2D eigenvalue weighted by molar-refractivity contribution is 0.580. The Bertz CT molecular complexity index is 353. The van der Waals surface area contributed by atoms with Gasteiger partial charge in [-0.2, -0.15) is 5.10 Å². The van der Waals surface area contributed by atoms with Crippen molar-refractivity contribution in [1.29, 1.82) is 0 Å². The maximum atomic E-state index is 5.19. The fourth-order valence-electron chi connectivity index (χ4n) is 1.09. The van der Waals surface area contributed by atoms with Crippen LogP contribution in [-0.4, -0.2) is 10.2 Å². The Balaban J connectivity index is 0.000000845. The van der Waals surface area contributed by atoms with Gasteiger partial charge in [0.05, 0.1) is 6.26 Å². The smallest absolute Gasteiger partial charge is 0.154 e. The summed E-state index contributed by atoms with van der Waals surface area (Å²) in [7, 11) is 0. The van der Waals surface area contributed by atoms with Gasteiger partial charge in [-0.1, -0.05) is 6.92 Å². The van der Waals surface area contributed by atoms with Crippen molar-refractivity contribution in [3.8, 4) is 11.5 Å². The number of H-pyrrole nitrogens is 1. The minimum absolute atomic E-state index is 0. The number of rotatable bonds is 2. The molecule has 2 rings (SSSR count). The number of nitrogens with zero attached hydrogens (tertiary/aromatic N) is 1. The molecular formula is C9H12N2O. The molecule has 0 aliphatic carbocycles. The van der Waals surface area contributed by atoms with Crippen LogP contribution >= 0.6 is 0 Å². The van der Waals surface area contributed by atoms with Gasteiger partial charge in [0, 0.05) is 7.12 Å². The van der Waals surface area contributed by atoms with Gasteiger partial charge in [0.1, 0.15) is 5.69 Å². The van der Waals surface area contributed by atoms with Crippen LogP contribution in [0.2, 0.25) is 0 Å². The van der Waals surface area contributed by atoms with Gasteiger partial charge in [-0.05, 0) is 24.6 Å². The summed E-state index contributed by atoms with van der Waals surface area (Å²) in [6.45, 7) is 2.08. The largest absolute Gasteiger partial charge is 0.463 e. The molecule has 64 valence electrons. The Hall–Kier alpha value is -1.51. The Morgan fingerprint density at radius 1 is 1.67 bits per heavy atom. The Kier molecular flexibility index (Phi) is 1.70. The van der Waals surface area contributed by atoms with Crippen LogP contribution in [0.5, 0.6) is 0 Å². The van der Waals surface area contributed by atoms with Gasteiger partial charge in [0.2, 0.25) is 0 Å². The molecule has 2 aromatic heterocycles. The molecule has 0 aromatic carbocycles. The molecule has 0 unspecified atom stereocenters. The van der Waals surface area contributed by atoms with Crippen LogP contribution in [0.25, 0.3) is 11.5 Å². The van der Waals surface area contributed by atoms with E-state index in [0.717, 1.165) is 23.6 Å². The first-order valence-corrected chi connectivity index (χ1v) is 3.98. The van der Waals surface area contributed by atoms with Crippen LogP contribution in [0, 0.1) is 0 Å². The number of aryl methyl sites for hydroxylation is 1. The summed E-state index contributed by atoms with van der Waals surface area (Å²) in [5, 5.41) is 7.04. The summed E-state index contributed by atoms with van der Waals surface area (Å²) in [4.78, 5) is 0. The monoisotopic (exact) mass is 164 g/mol. The Morgan fingerprint density at radius 3 is 3.17 bits per heavy atom. The van der Waals surface area contributed by atoms with E-state index in [2.05, 4.69) is 17.1 Å². The highest BCUT2D eigenvalue weighted by Crippen LogP contribution is 2.17. The van der Waals surface area contributed by atoms with Crippen molar-refractivity contribution in [2.75, 3.05) is 0 Å². The van der Waals surface area contributed by atoms with Gasteiger partial charge in [-0.15, -0.1) is 0 Å². The number of aromatic nitrogens is 2. The zero-order valence-electron chi connectivity index (χ0n) is 6.87. The molecule has 0 aliphatic heterocycles. The van der Waals surface area contributed by atoms with Crippen LogP contribution < -0.4 is 0 Å². The minimum Gasteiger partial charge on any atom is -0.463 e. The van der Waals surface area contributed by atoms with Gasteiger partial charge < -0.3 is 4.42 Å². The first kappa shape index (κ1) is 7.16. The van der Waals surface area contributed by atoms with Crippen LogP contribution in [0.3, 0.4) is 0 Å². The Labute approximate surface area is 71.9 Å². The summed E-state index contributed by atoms with van der Waals surface area (Å²) in [6, 6.07) is 5.75. The summed E-state index contributed by atoms with van der Waals surface area (Å²) in [6.07, 6.45) is 2.61. The number of hydrogen-bond acceptors (Lipinski definition) is 2. The molecule has 0 saturated heterocycles. The highest BCUT2D eigenvalue weighted by atomic mass is 16.3. The first-order chi connectivity index (χ1) is 5.90. The predicted molar refractivity (Wildman–Crippen MR) is 47.8 cm³/mol. The van der Waals surface area contributed by atoms with Crippen molar-refractivity contribution >= 4 is 0 Å². The van der Waals surface area contributed by atoms with E-state index in [1.54, 1.807) is 6.26 Å². The molecule has 0 atom stereocenters. The molecule has 2 heterocycles. The molecule has 3 heteroatoms. The Morgan fingerprint density at radius 2 is 2.58 bits per heavy atom. The molecule has 3 nitrogen and oxygen atoms in total. The first-order valence-electron chi connectivity index (χ1n) is 3.98. The number of hydrogen-bond donors (Lipinski definition) is 1. The van der Waals surface area contributed by atoms with E-state index in [9.17, 15) is 0 Å². The van der Waals surface area contributed by atoms with E-state index in [0.29, 0.717) is 0 Å². The third kappa shape index (κ3) is 1.13. The van der Waals surface area contributed by atoms with Crippen molar-refractivity contribution in [3.05, 3.63) is 30.2 Å². The van der Waals surface area contributed by atoms with Gasteiger partial charge >= 0.3 is 0 Å². The summed E-state index contributed by atoms with van der Waals surface area (Å²) in [5.41, 5.74) is 2.00. The quantitative estimate of drug-likeness (QED) is 0.740. The molecule has 0 radical (unpaired) electrons. The summed E-state index contributed by atoms with van der Waals surface area (Å²) >= 11 is 0. The van der Waals surface area contributed by atoms with Gasteiger partial charge in [0.15, 0.2) is 5.76 Å². The molecule has 0 bridgehead atoms. The average Bonchev–Trinajstić information content (AvgIpc) is 2.75. The van der Waals surface area contributed by atoms with Crippen LogP contribution in [0.4, 0.5) is 0 Å². The topological polar surface area (TPSA) is 41.8 Å². The zero-order chi connectivity index (χ0) is 8.39. The van der Waals surface area contributed by atoms with Crippen LogP contribution in [-0.2, 0) is 6.42 Å². The highest BCUT2D eigenvalue weighted by molar-refractivity contribution is 5.51. The second kappa shape index (κ2) is 2.85. The fraction of sp³-hybridized carbons (Fsp3) is 0.222. The van der Waals surface area contributed by atoms with Crippen molar-refractivity contribution in [2.45, 2.75) is 13.3 Å². The molecule has 0 spiro atoms. The van der Waals surface area contributed by atoms with Gasteiger partial charge in [-0.3, -0.25) is 5.10 Å². The standard InChI is InChI=1S/C9H10N2O.H2/c1-2-7-6-8(11-10-7)9-4-3-5-12-9;/h3-6H,2H2,1H3,(H,10,11);1H. The predicted octanol–water partition coefficient (Wildman–Crippen LogP) is 2.48. The number of nitrogens with one attached hydrogen (secondary N) is 1. The van der Waals surface area contributed by atoms with Crippen LogP contribution in [0.15, 0.2) is 28.9 Å². The number of furan rings is 1. The van der Waals surface area contributed by atoms with Crippen LogP contribution in [0.1, 0.15) is 14.0 Å². The third-order valence-corrected chi connectivity index (χ3v) is 1.79. The molecule has 0 fully saturated rings. The maximum Gasteiger partial charge on any atom is 0.154 e. The molecule has 2 aromatic rings.